The lowest BCUT2D eigenvalue weighted by Crippen LogP contribution is -2.14. The molecule has 0 radical (unpaired) electrons. The van der Waals surface area contributed by atoms with Crippen molar-refractivity contribution in [1.82, 2.24) is 5.01 Å². The van der Waals surface area contributed by atoms with Gasteiger partial charge in [-0.2, -0.15) is 5.10 Å². The van der Waals surface area contributed by atoms with Crippen molar-refractivity contribution in [1.29, 1.82) is 0 Å². The van der Waals surface area contributed by atoms with Crippen LogP contribution < -0.4 is 0 Å². The van der Waals surface area contributed by atoms with Crippen molar-refractivity contribution in [2.24, 2.45) is 5.10 Å². The Morgan fingerprint density at radius 2 is 1.94 bits per heavy atom. The predicted octanol–water partition coefficient (Wildman–Crippen LogP) is 2.75. The SMILES string of the molecule is CC(C)Sc1ccc(C2=NN(C)C(=O)C2)cc1. The van der Waals surface area contributed by atoms with E-state index in [-0.39, 0.29) is 5.91 Å². The Kier molecular flexibility index (Phi) is 3.52. The summed E-state index contributed by atoms with van der Waals surface area (Å²) in [5, 5.41) is 6.21. The molecule has 2 rings (SSSR count). The van der Waals surface area contributed by atoms with E-state index in [4.69, 9.17) is 0 Å². The van der Waals surface area contributed by atoms with Crippen molar-refractivity contribution in [3.05, 3.63) is 29.8 Å². The normalized spacial score (nSPS) is 15.6. The first-order valence-corrected chi connectivity index (χ1v) is 6.55. The largest absolute Gasteiger partial charge is 0.273 e. The smallest absolute Gasteiger partial charge is 0.248 e. The molecule has 0 N–H and O–H groups in total. The third kappa shape index (κ3) is 2.88. The molecule has 3 nitrogen and oxygen atoms in total. The van der Waals surface area contributed by atoms with E-state index in [1.165, 1.54) is 9.90 Å². The molecule has 1 aromatic carbocycles. The van der Waals surface area contributed by atoms with Gasteiger partial charge in [-0.15, -0.1) is 11.8 Å². The van der Waals surface area contributed by atoms with Gasteiger partial charge in [0.1, 0.15) is 0 Å². The Bertz CT molecular complexity index is 451. The van der Waals surface area contributed by atoms with Gasteiger partial charge in [-0.3, -0.25) is 4.79 Å². The van der Waals surface area contributed by atoms with Gasteiger partial charge in [-0.05, 0) is 17.7 Å². The maximum absolute atomic E-state index is 11.4. The van der Waals surface area contributed by atoms with Crippen molar-refractivity contribution < 1.29 is 4.79 Å². The summed E-state index contributed by atoms with van der Waals surface area (Å²) in [6.07, 6.45) is 0.410. The van der Waals surface area contributed by atoms with Crippen LogP contribution in [-0.2, 0) is 4.79 Å². The summed E-state index contributed by atoms with van der Waals surface area (Å²) in [7, 11) is 1.69. The number of carbonyl (C=O) groups excluding carboxylic acids is 1. The Morgan fingerprint density at radius 1 is 1.29 bits per heavy atom. The summed E-state index contributed by atoms with van der Waals surface area (Å²) in [6.45, 7) is 4.35. The summed E-state index contributed by atoms with van der Waals surface area (Å²) in [5.74, 6) is 0.0561. The van der Waals surface area contributed by atoms with Gasteiger partial charge in [0.2, 0.25) is 5.91 Å². The Balaban J connectivity index is 2.14. The summed E-state index contributed by atoms with van der Waals surface area (Å²) in [5.41, 5.74) is 1.90. The highest BCUT2D eigenvalue weighted by atomic mass is 32.2. The summed E-state index contributed by atoms with van der Waals surface area (Å²) >= 11 is 1.83. The summed E-state index contributed by atoms with van der Waals surface area (Å²) < 4.78 is 0. The molecule has 0 aliphatic carbocycles. The molecule has 1 aromatic rings. The molecule has 90 valence electrons. The number of carbonyl (C=O) groups is 1. The minimum atomic E-state index is 0.0561. The molecule has 0 bridgehead atoms. The fourth-order valence-electron chi connectivity index (χ4n) is 1.69. The molecule has 0 saturated carbocycles. The van der Waals surface area contributed by atoms with Gasteiger partial charge in [0.05, 0.1) is 12.1 Å². The number of benzene rings is 1. The lowest BCUT2D eigenvalue weighted by atomic mass is 10.1. The molecule has 0 unspecified atom stereocenters. The van der Waals surface area contributed by atoms with E-state index in [2.05, 4.69) is 31.1 Å². The van der Waals surface area contributed by atoms with E-state index in [0.717, 1.165) is 11.3 Å². The van der Waals surface area contributed by atoms with E-state index in [9.17, 15) is 4.79 Å². The Labute approximate surface area is 106 Å². The Morgan fingerprint density at radius 3 is 2.41 bits per heavy atom. The molecule has 4 heteroatoms. The van der Waals surface area contributed by atoms with E-state index in [0.29, 0.717) is 11.7 Å². The van der Waals surface area contributed by atoms with Gasteiger partial charge in [0, 0.05) is 17.2 Å². The van der Waals surface area contributed by atoms with Gasteiger partial charge in [0.15, 0.2) is 0 Å². The minimum Gasteiger partial charge on any atom is -0.273 e. The van der Waals surface area contributed by atoms with Crippen LogP contribution in [0.4, 0.5) is 0 Å². The van der Waals surface area contributed by atoms with Crippen LogP contribution >= 0.6 is 11.8 Å². The van der Waals surface area contributed by atoms with Crippen molar-refractivity contribution >= 4 is 23.4 Å². The fraction of sp³-hybridized carbons (Fsp3) is 0.385. The van der Waals surface area contributed by atoms with Crippen LogP contribution in [0.15, 0.2) is 34.3 Å². The van der Waals surface area contributed by atoms with Crippen molar-refractivity contribution in [2.75, 3.05) is 7.05 Å². The molecule has 1 amide bonds. The molecular formula is C13H16N2OS. The van der Waals surface area contributed by atoms with Gasteiger partial charge in [-0.1, -0.05) is 26.0 Å². The second-order valence-corrected chi connectivity index (χ2v) is 5.98. The van der Waals surface area contributed by atoms with Gasteiger partial charge in [-0.25, -0.2) is 5.01 Å². The van der Waals surface area contributed by atoms with Crippen LogP contribution in [0.5, 0.6) is 0 Å². The third-order valence-electron chi connectivity index (χ3n) is 2.51. The highest BCUT2D eigenvalue weighted by molar-refractivity contribution is 7.99. The number of hydrogen-bond acceptors (Lipinski definition) is 3. The van der Waals surface area contributed by atoms with Gasteiger partial charge >= 0.3 is 0 Å². The molecule has 1 aliphatic heterocycles. The number of thioether (sulfide) groups is 1. The summed E-state index contributed by atoms with van der Waals surface area (Å²) in [4.78, 5) is 12.6. The number of nitrogens with zero attached hydrogens (tertiary/aromatic N) is 2. The van der Waals surface area contributed by atoms with Crippen LogP contribution in [0.25, 0.3) is 0 Å². The highest BCUT2D eigenvalue weighted by Gasteiger charge is 2.21. The lowest BCUT2D eigenvalue weighted by molar-refractivity contribution is -0.127. The number of hydrogen-bond donors (Lipinski definition) is 0. The molecule has 0 saturated heterocycles. The monoisotopic (exact) mass is 248 g/mol. The zero-order valence-corrected chi connectivity index (χ0v) is 11.1. The lowest BCUT2D eigenvalue weighted by Gasteiger charge is -2.05. The molecule has 0 fully saturated rings. The Hall–Kier alpha value is -1.29. The van der Waals surface area contributed by atoms with Gasteiger partial charge in [0.25, 0.3) is 0 Å². The fourth-order valence-corrected chi connectivity index (χ4v) is 2.53. The van der Waals surface area contributed by atoms with Crippen molar-refractivity contribution in [3.8, 4) is 0 Å². The molecule has 1 heterocycles. The molecule has 0 aromatic heterocycles. The van der Waals surface area contributed by atoms with E-state index in [1.807, 2.05) is 23.9 Å². The predicted molar refractivity (Wildman–Crippen MR) is 71.4 cm³/mol. The van der Waals surface area contributed by atoms with Crippen LogP contribution in [0.2, 0.25) is 0 Å². The van der Waals surface area contributed by atoms with E-state index >= 15 is 0 Å². The molecule has 0 spiro atoms. The summed E-state index contributed by atoms with van der Waals surface area (Å²) in [6, 6.07) is 8.25. The average molecular weight is 248 g/mol. The topological polar surface area (TPSA) is 32.7 Å². The average Bonchev–Trinajstić information content (AvgIpc) is 2.59. The first kappa shape index (κ1) is 12.2. The van der Waals surface area contributed by atoms with Crippen LogP contribution in [0.1, 0.15) is 25.8 Å². The number of rotatable bonds is 3. The maximum atomic E-state index is 11.4. The number of amides is 1. The van der Waals surface area contributed by atoms with E-state index < -0.39 is 0 Å². The van der Waals surface area contributed by atoms with Crippen LogP contribution in [0.3, 0.4) is 0 Å². The van der Waals surface area contributed by atoms with Crippen molar-refractivity contribution in [3.63, 3.8) is 0 Å². The highest BCUT2D eigenvalue weighted by Crippen LogP contribution is 2.24. The third-order valence-corrected chi connectivity index (χ3v) is 3.53. The van der Waals surface area contributed by atoms with Crippen LogP contribution in [-0.4, -0.2) is 28.9 Å². The maximum Gasteiger partial charge on any atom is 0.248 e. The first-order valence-electron chi connectivity index (χ1n) is 5.67. The standard InChI is InChI=1S/C13H16N2OS/c1-9(2)17-11-6-4-10(5-7-11)12-8-13(16)15(3)14-12/h4-7,9H,8H2,1-3H3. The molecular weight excluding hydrogens is 232 g/mol. The first-order chi connectivity index (χ1) is 8.06. The zero-order chi connectivity index (χ0) is 12.4. The van der Waals surface area contributed by atoms with Crippen LogP contribution in [0, 0.1) is 0 Å². The second kappa shape index (κ2) is 4.92. The quantitative estimate of drug-likeness (QED) is 0.770. The van der Waals surface area contributed by atoms with Crippen molar-refractivity contribution in [2.45, 2.75) is 30.4 Å². The minimum absolute atomic E-state index is 0.0561. The molecule has 0 atom stereocenters. The van der Waals surface area contributed by atoms with E-state index in [1.54, 1.807) is 7.05 Å². The second-order valence-electron chi connectivity index (χ2n) is 4.33. The molecule has 1 aliphatic rings. The molecule has 17 heavy (non-hydrogen) atoms. The number of hydrazone groups is 1. The zero-order valence-electron chi connectivity index (χ0n) is 10.3. The van der Waals surface area contributed by atoms with Gasteiger partial charge < -0.3 is 0 Å².